The zero-order valence-electron chi connectivity index (χ0n) is 8.24. The van der Waals surface area contributed by atoms with Crippen LogP contribution in [0.5, 0.6) is 0 Å². The molecule has 1 aliphatic heterocycles. The first-order chi connectivity index (χ1) is 6.70. The molecule has 4 nitrogen and oxygen atoms in total. The fourth-order valence-electron chi connectivity index (χ4n) is 1.84. The smallest absolute Gasteiger partial charge is 0.246 e. The van der Waals surface area contributed by atoms with E-state index in [1.54, 1.807) is 0 Å². The van der Waals surface area contributed by atoms with E-state index in [-0.39, 0.29) is 17.7 Å². The van der Waals surface area contributed by atoms with Gasteiger partial charge in [-0.1, -0.05) is 0 Å². The second-order valence-electron chi connectivity index (χ2n) is 4.20. The maximum absolute atomic E-state index is 11.7. The van der Waals surface area contributed by atoms with Crippen molar-refractivity contribution < 1.29 is 9.59 Å². The minimum atomic E-state index is -0.458. The molecule has 0 aromatic heterocycles. The lowest BCUT2D eigenvalue weighted by Crippen LogP contribution is -2.46. The van der Waals surface area contributed by atoms with Gasteiger partial charge in [0.2, 0.25) is 11.8 Å². The molecule has 78 valence electrons. The molecule has 14 heavy (non-hydrogen) atoms. The first-order valence-electron chi connectivity index (χ1n) is 5.31. The van der Waals surface area contributed by atoms with Gasteiger partial charge in [-0.15, -0.1) is 0 Å². The summed E-state index contributed by atoms with van der Waals surface area (Å²) < 4.78 is 0. The molecule has 2 fully saturated rings. The van der Waals surface area contributed by atoms with Crippen LogP contribution in [0.2, 0.25) is 0 Å². The number of likely N-dealkylation sites (tertiary alicyclic amines) is 1. The lowest BCUT2D eigenvalue weighted by molar-refractivity contribution is -0.146. The molecule has 1 aliphatic carbocycles. The van der Waals surface area contributed by atoms with Crippen molar-refractivity contribution in [1.82, 2.24) is 4.90 Å². The van der Waals surface area contributed by atoms with E-state index < -0.39 is 6.04 Å². The minimum Gasteiger partial charge on any atom is -0.320 e. The third-order valence-electron chi connectivity index (χ3n) is 2.92. The summed E-state index contributed by atoms with van der Waals surface area (Å²) in [4.78, 5) is 24.8. The standard InChI is InChI=1S/C10H16N2O2/c11-8-3-1-2-6-12(10(8)14)9(13)7-4-5-7/h7-8H,1-6,11H2/t8-/m1/s1. The van der Waals surface area contributed by atoms with Crippen LogP contribution in [0.4, 0.5) is 0 Å². The summed E-state index contributed by atoms with van der Waals surface area (Å²) in [6.07, 6.45) is 4.45. The summed E-state index contributed by atoms with van der Waals surface area (Å²) in [6.45, 7) is 0.571. The summed E-state index contributed by atoms with van der Waals surface area (Å²) in [7, 11) is 0. The molecule has 1 saturated carbocycles. The Kier molecular flexibility index (Phi) is 2.54. The predicted octanol–water partition coefficient (Wildman–Crippen LogP) is 0.263. The third kappa shape index (κ3) is 1.80. The molecule has 4 heteroatoms. The summed E-state index contributed by atoms with van der Waals surface area (Å²) in [6, 6.07) is -0.458. The number of rotatable bonds is 1. The number of carbonyl (C=O) groups excluding carboxylic acids is 2. The zero-order chi connectivity index (χ0) is 10.1. The Morgan fingerprint density at radius 2 is 2.00 bits per heavy atom. The maximum Gasteiger partial charge on any atom is 0.246 e. The topological polar surface area (TPSA) is 63.4 Å². The van der Waals surface area contributed by atoms with E-state index in [2.05, 4.69) is 0 Å². The van der Waals surface area contributed by atoms with Crippen molar-refractivity contribution in [1.29, 1.82) is 0 Å². The van der Waals surface area contributed by atoms with Gasteiger partial charge in [0.25, 0.3) is 0 Å². The average molecular weight is 196 g/mol. The van der Waals surface area contributed by atoms with E-state index in [0.29, 0.717) is 13.0 Å². The Morgan fingerprint density at radius 1 is 1.29 bits per heavy atom. The Labute approximate surface area is 83.4 Å². The highest BCUT2D eigenvalue weighted by molar-refractivity contribution is 5.99. The monoisotopic (exact) mass is 196 g/mol. The largest absolute Gasteiger partial charge is 0.320 e. The van der Waals surface area contributed by atoms with Gasteiger partial charge in [0, 0.05) is 12.5 Å². The van der Waals surface area contributed by atoms with E-state index in [9.17, 15) is 9.59 Å². The molecule has 2 N–H and O–H groups in total. The maximum atomic E-state index is 11.7. The van der Waals surface area contributed by atoms with Crippen molar-refractivity contribution in [2.75, 3.05) is 6.54 Å². The molecule has 1 saturated heterocycles. The van der Waals surface area contributed by atoms with Gasteiger partial charge < -0.3 is 5.73 Å². The Hall–Kier alpha value is -0.900. The Morgan fingerprint density at radius 3 is 2.64 bits per heavy atom. The van der Waals surface area contributed by atoms with Crippen molar-refractivity contribution in [3.63, 3.8) is 0 Å². The zero-order valence-corrected chi connectivity index (χ0v) is 8.24. The van der Waals surface area contributed by atoms with Crippen LogP contribution in [0.15, 0.2) is 0 Å². The average Bonchev–Trinajstić information content (AvgIpc) is 2.97. The number of hydrogen-bond acceptors (Lipinski definition) is 3. The molecule has 2 rings (SSSR count). The Balaban J connectivity index is 2.06. The second kappa shape index (κ2) is 3.69. The van der Waals surface area contributed by atoms with E-state index in [1.165, 1.54) is 4.90 Å². The van der Waals surface area contributed by atoms with E-state index in [0.717, 1.165) is 25.7 Å². The molecule has 0 aromatic rings. The number of carbonyl (C=O) groups is 2. The Bertz CT molecular complexity index is 261. The van der Waals surface area contributed by atoms with Gasteiger partial charge in [0.15, 0.2) is 0 Å². The van der Waals surface area contributed by atoms with Crippen LogP contribution in [0.3, 0.4) is 0 Å². The molecule has 0 radical (unpaired) electrons. The number of hydrogen-bond donors (Lipinski definition) is 1. The minimum absolute atomic E-state index is 0.00681. The number of imide groups is 1. The van der Waals surface area contributed by atoms with Crippen molar-refractivity contribution in [3.8, 4) is 0 Å². The van der Waals surface area contributed by atoms with Crippen LogP contribution >= 0.6 is 0 Å². The van der Waals surface area contributed by atoms with Crippen LogP contribution in [-0.4, -0.2) is 29.3 Å². The lowest BCUT2D eigenvalue weighted by atomic mass is 10.1. The van der Waals surface area contributed by atoms with Crippen LogP contribution in [-0.2, 0) is 9.59 Å². The quantitative estimate of drug-likeness (QED) is 0.612. The first-order valence-corrected chi connectivity index (χ1v) is 5.31. The van der Waals surface area contributed by atoms with Gasteiger partial charge >= 0.3 is 0 Å². The first kappa shape index (κ1) is 9.65. The van der Waals surface area contributed by atoms with Gasteiger partial charge in [-0.25, -0.2) is 0 Å². The highest BCUT2D eigenvalue weighted by Gasteiger charge is 2.37. The van der Waals surface area contributed by atoms with Gasteiger partial charge in [-0.05, 0) is 32.1 Å². The van der Waals surface area contributed by atoms with E-state index in [1.807, 2.05) is 0 Å². The summed E-state index contributed by atoms with van der Waals surface area (Å²) in [5.74, 6) is -0.0454. The summed E-state index contributed by atoms with van der Waals surface area (Å²) in [5.41, 5.74) is 5.68. The molecule has 2 aliphatic rings. The van der Waals surface area contributed by atoms with Crippen LogP contribution in [0, 0.1) is 5.92 Å². The number of amides is 2. The highest BCUT2D eigenvalue weighted by atomic mass is 16.2. The van der Waals surface area contributed by atoms with Crippen molar-refractivity contribution in [2.45, 2.75) is 38.1 Å². The van der Waals surface area contributed by atoms with Gasteiger partial charge in [-0.3, -0.25) is 14.5 Å². The van der Waals surface area contributed by atoms with Crippen LogP contribution in [0.1, 0.15) is 32.1 Å². The predicted molar refractivity (Wildman–Crippen MR) is 51.3 cm³/mol. The molecule has 0 aromatic carbocycles. The molecule has 1 heterocycles. The molecule has 0 bridgehead atoms. The fraction of sp³-hybridized carbons (Fsp3) is 0.800. The van der Waals surface area contributed by atoms with Gasteiger partial charge in [0.1, 0.15) is 0 Å². The fourth-order valence-corrected chi connectivity index (χ4v) is 1.84. The molecule has 0 unspecified atom stereocenters. The van der Waals surface area contributed by atoms with Crippen molar-refractivity contribution in [2.24, 2.45) is 11.7 Å². The molecule has 0 spiro atoms. The molecule has 1 atom stereocenters. The third-order valence-corrected chi connectivity index (χ3v) is 2.92. The molecule has 2 amide bonds. The second-order valence-corrected chi connectivity index (χ2v) is 4.20. The normalized spacial score (nSPS) is 28.8. The molecular formula is C10H16N2O2. The lowest BCUT2D eigenvalue weighted by Gasteiger charge is -2.20. The number of nitrogens with two attached hydrogens (primary N) is 1. The highest BCUT2D eigenvalue weighted by Crippen LogP contribution is 2.31. The van der Waals surface area contributed by atoms with Gasteiger partial charge in [0.05, 0.1) is 6.04 Å². The van der Waals surface area contributed by atoms with E-state index >= 15 is 0 Å². The molecular weight excluding hydrogens is 180 g/mol. The van der Waals surface area contributed by atoms with Crippen molar-refractivity contribution >= 4 is 11.8 Å². The summed E-state index contributed by atoms with van der Waals surface area (Å²) in [5, 5.41) is 0. The summed E-state index contributed by atoms with van der Waals surface area (Å²) >= 11 is 0. The van der Waals surface area contributed by atoms with Crippen LogP contribution < -0.4 is 5.73 Å². The van der Waals surface area contributed by atoms with Crippen molar-refractivity contribution in [3.05, 3.63) is 0 Å². The van der Waals surface area contributed by atoms with Gasteiger partial charge in [-0.2, -0.15) is 0 Å². The van der Waals surface area contributed by atoms with Crippen LogP contribution in [0.25, 0.3) is 0 Å². The SMILES string of the molecule is N[C@@H]1CCCCN(C(=O)C2CC2)C1=O. The van der Waals surface area contributed by atoms with E-state index in [4.69, 9.17) is 5.73 Å². The number of nitrogens with zero attached hydrogens (tertiary/aromatic N) is 1.